The van der Waals surface area contributed by atoms with Crippen molar-refractivity contribution in [1.29, 1.82) is 0 Å². The fourth-order valence-corrected chi connectivity index (χ4v) is 5.08. The third-order valence-corrected chi connectivity index (χ3v) is 7.56. The second kappa shape index (κ2) is 11.4. The van der Waals surface area contributed by atoms with Crippen LogP contribution in [-0.4, -0.2) is 24.0 Å². The maximum absolute atomic E-state index is 12.2. The van der Waals surface area contributed by atoms with Gasteiger partial charge < -0.3 is 16.2 Å². The number of carbonyl (C=O) groups is 1. The normalized spacial score (nSPS) is 11.9. The zero-order valence-corrected chi connectivity index (χ0v) is 23.6. The van der Waals surface area contributed by atoms with E-state index >= 15 is 0 Å². The second-order valence-electron chi connectivity index (χ2n) is 10.2. The summed E-state index contributed by atoms with van der Waals surface area (Å²) in [4.78, 5) is 11.9. The summed E-state index contributed by atoms with van der Waals surface area (Å²) in [6, 6.07) is 16.9. The summed E-state index contributed by atoms with van der Waals surface area (Å²) >= 11 is 0. The van der Waals surface area contributed by atoms with Crippen LogP contribution in [0.25, 0.3) is 21.9 Å². The molecule has 0 fully saturated rings. The number of amides is 1. The van der Waals surface area contributed by atoms with Crippen LogP contribution in [0.4, 0.5) is 22.7 Å². The van der Waals surface area contributed by atoms with E-state index in [4.69, 9.17) is 5.73 Å². The van der Waals surface area contributed by atoms with Crippen molar-refractivity contribution in [2.75, 3.05) is 11.1 Å². The molecule has 0 aliphatic carbocycles. The van der Waals surface area contributed by atoms with Crippen molar-refractivity contribution in [2.24, 2.45) is 16.1 Å². The smallest absolute Gasteiger partial charge is 0.295 e. The third-order valence-electron chi connectivity index (χ3n) is 6.65. The molecule has 0 aliphatic rings. The molecule has 10 heteroatoms. The Morgan fingerprint density at radius 1 is 0.925 bits per heavy atom. The molecule has 1 amide bonds. The molecule has 0 heterocycles. The Labute approximate surface area is 233 Å². The molecule has 0 aromatic heterocycles. The van der Waals surface area contributed by atoms with Crippen molar-refractivity contribution >= 4 is 49.5 Å². The SMILES string of the molecule is Cc1cc(-c2ccc(NC(=O)CCC(C)C)c(C)c2)ccc1N=Nc1ccc2c(S(=O)(=O)O)ccc(N)c2c1O. The molecule has 0 atom stereocenters. The maximum Gasteiger partial charge on any atom is 0.295 e. The molecule has 4 aromatic carbocycles. The summed E-state index contributed by atoms with van der Waals surface area (Å²) in [6.45, 7) is 8.04. The Kier molecular flexibility index (Phi) is 8.22. The molecule has 4 aromatic rings. The lowest BCUT2D eigenvalue weighted by molar-refractivity contribution is -0.116. The van der Waals surface area contributed by atoms with Gasteiger partial charge in [0.15, 0.2) is 5.75 Å². The summed E-state index contributed by atoms with van der Waals surface area (Å²) in [5, 5.41) is 22.4. The van der Waals surface area contributed by atoms with Crippen molar-refractivity contribution in [3.8, 4) is 16.9 Å². The second-order valence-corrected chi connectivity index (χ2v) is 11.6. The number of phenols is 1. The molecule has 0 radical (unpaired) electrons. The Morgan fingerprint density at radius 2 is 1.55 bits per heavy atom. The number of fused-ring (bicyclic) bond motifs is 1. The maximum atomic E-state index is 12.2. The van der Waals surface area contributed by atoms with Crippen molar-refractivity contribution in [1.82, 2.24) is 0 Å². The number of anilines is 2. The summed E-state index contributed by atoms with van der Waals surface area (Å²) in [5.74, 6) is 0.137. The molecule has 0 spiro atoms. The monoisotopic (exact) mass is 560 g/mol. The number of rotatable bonds is 8. The van der Waals surface area contributed by atoms with Crippen LogP contribution >= 0.6 is 0 Å². The minimum atomic E-state index is -4.52. The van der Waals surface area contributed by atoms with E-state index in [9.17, 15) is 22.9 Å². The number of azo groups is 1. The number of nitrogens with one attached hydrogen (secondary N) is 1. The topological polar surface area (TPSA) is 154 Å². The standard InChI is InChI=1S/C30H32N4O5S/c1-17(2)5-14-28(35)32-24-10-6-20(15-18(24)3)21-7-11-25(19(4)16-21)33-34-26-12-8-22-27(40(37,38)39)13-9-23(31)29(22)30(26)36/h6-13,15-17,36H,5,14,31H2,1-4H3,(H,32,35)(H,37,38,39). The fourth-order valence-electron chi connectivity index (χ4n) is 4.39. The van der Waals surface area contributed by atoms with E-state index in [-0.39, 0.29) is 38.7 Å². The van der Waals surface area contributed by atoms with Crippen molar-refractivity contribution in [3.05, 3.63) is 71.8 Å². The number of nitrogens with two attached hydrogens (primary N) is 1. The van der Waals surface area contributed by atoms with E-state index in [1.54, 1.807) is 0 Å². The largest absolute Gasteiger partial charge is 0.505 e. The van der Waals surface area contributed by atoms with Crippen molar-refractivity contribution in [3.63, 3.8) is 0 Å². The first-order chi connectivity index (χ1) is 18.8. The number of phenolic OH excluding ortho intramolecular Hbond substituents is 1. The minimum Gasteiger partial charge on any atom is -0.505 e. The van der Waals surface area contributed by atoms with Crippen LogP contribution in [0.15, 0.2) is 75.8 Å². The number of benzene rings is 4. The summed E-state index contributed by atoms with van der Waals surface area (Å²) in [6.07, 6.45) is 1.33. The Bertz CT molecular complexity index is 1750. The Morgan fingerprint density at radius 3 is 2.17 bits per heavy atom. The van der Waals surface area contributed by atoms with Gasteiger partial charge in [0.05, 0.1) is 11.1 Å². The Balaban J connectivity index is 1.57. The van der Waals surface area contributed by atoms with Gasteiger partial charge in [0.1, 0.15) is 10.6 Å². The van der Waals surface area contributed by atoms with Gasteiger partial charge in [-0.2, -0.15) is 13.5 Å². The molecule has 5 N–H and O–H groups in total. The highest BCUT2D eigenvalue weighted by Crippen LogP contribution is 2.41. The van der Waals surface area contributed by atoms with Gasteiger partial charge in [-0.1, -0.05) is 32.0 Å². The highest BCUT2D eigenvalue weighted by atomic mass is 32.2. The highest BCUT2D eigenvalue weighted by molar-refractivity contribution is 7.86. The molecule has 40 heavy (non-hydrogen) atoms. The van der Waals surface area contributed by atoms with E-state index in [1.807, 2.05) is 50.2 Å². The first-order valence-corrected chi connectivity index (χ1v) is 14.2. The number of aryl methyl sites for hydroxylation is 2. The van der Waals surface area contributed by atoms with Gasteiger partial charge in [-0.3, -0.25) is 9.35 Å². The predicted molar refractivity (Wildman–Crippen MR) is 158 cm³/mol. The van der Waals surface area contributed by atoms with E-state index in [1.165, 1.54) is 24.3 Å². The molecule has 208 valence electrons. The summed E-state index contributed by atoms with van der Waals surface area (Å²) in [7, 11) is -4.52. The molecule has 9 nitrogen and oxygen atoms in total. The van der Waals surface area contributed by atoms with Gasteiger partial charge in [0.2, 0.25) is 5.91 Å². The van der Waals surface area contributed by atoms with Crippen LogP contribution in [0.3, 0.4) is 0 Å². The van der Waals surface area contributed by atoms with Gasteiger partial charge >= 0.3 is 0 Å². The first-order valence-electron chi connectivity index (χ1n) is 12.8. The van der Waals surface area contributed by atoms with E-state index in [2.05, 4.69) is 29.4 Å². The van der Waals surface area contributed by atoms with Gasteiger partial charge in [0.25, 0.3) is 10.1 Å². The summed E-state index contributed by atoms with van der Waals surface area (Å²) < 4.78 is 33.0. The van der Waals surface area contributed by atoms with Gasteiger partial charge in [-0.05, 0) is 90.9 Å². The van der Waals surface area contributed by atoms with E-state index < -0.39 is 10.1 Å². The predicted octanol–water partition coefficient (Wildman–Crippen LogP) is 7.45. The number of hydrogen-bond acceptors (Lipinski definition) is 7. The van der Waals surface area contributed by atoms with Crippen LogP contribution in [0, 0.1) is 19.8 Å². The quantitative estimate of drug-likeness (QED) is 0.0996. The van der Waals surface area contributed by atoms with Crippen LogP contribution in [0.1, 0.15) is 37.8 Å². The number of carbonyl (C=O) groups excluding carboxylic acids is 1. The fraction of sp³-hybridized carbons (Fsp3) is 0.233. The molecule has 0 aliphatic heterocycles. The number of nitrogen functional groups attached to an aromatic ring is 1. The molecular formula is C30H32N4O5S. The Hall–Kier alpha value is -4.28. The molecule has 0 saturated carbocycles. The van der Waals surface area contributed by atoms with Crippen LogP contribution in [0.5, 0.6) is 5.75 Å². The molecule has 0 saturated heterocycles. The van der Waals surface area contributed by atoms with Crippen LogP contribution < -0.4 is 11.1 Å². The zero-order valence-electron chi connectivity index (χ0n) is 22.8. The first kappa shape index (κ1) is 28.7. The lowest BCUT2D eigenvalue weighted by Crippen LogP contribution is -2.13. The molecular weight excluding hydrogens is 528 g/mol. The van der Waals surface area contributed by atoms with Gasteiger partial charge in [-0.25, -0.2) is 0 Å². The molecule has 0 unspecified atom stereocenters. The van der Waals surface area contributed by atoms with E-state index in [0.717, 1.165) is 34.4 Å². The van der Waals surface area contributed by atoms with Crippen LogP contribution in [0.2, 0.25) is 0 Å². The number of aromatic hydroxyl groups is 1. The lowest BCUT2D eigenvalue weighted by Gasteiger charge is -2.12. The summed E-state index contributed by atoms with van der Waals surface area (Å²) in [5.41, 5.74) is 11.3. The number of hydrogen-bond donors (Lipinski definition) is 4. The molecule has 0 bridgehead atoms. The highest BCUT2D eigenvalue weighted by Gasteiger charge is 2.19. The van der Waals surface area contributed by atoms with Gasteiger partial charge in [0, 0.05) is 23.2 Å². The zero-order chi connectivity index (χ0) is 29.2. The minimum absolute atomic E-state index is 0.00844. The van der Waals surface area contributed by atoms with Crippen molar-refractivity contribution in [2.45, 2.75) is 45.4 Å². The van der Waals surface area contributed by atoms with Crippen LogP contribution in [-0.2, 0) is 14.9 Å². The van der Waals surface area contributed by atoms with E-state index in [0.29, 0.717) is 18.0 Å². The third kappa shape index (κ3) is 6.30. The molecule has 4 rings (SSSR count). The number of nitrogens with zero attached hydrogens (tertiary/aromatic N) is 2. The lowest BCUT2D eigenvalue weighted by atomic mass is 10.00. The van der Waals surface area contributed by atoms with Gasteiger partial charge in [-0.15, -0.1) is 5.11 Å². The average molecular weight is 561 g/mol. The van der Waals surface area contributed by atoms with Crippen molar-refractivity contribution < 1.29 is 22.9 Å². The average Bonchev–Trinajstić information content (AvgIpc) is 2.88.